The van der Waals surface area contributed by atoms with Gasteiger partial charge in [0.15, 0.2) is 0 Å². The number of hydrogen-bond acceptors (Lipinski definition) is 1. The predicted octanol–water partition coefficient (Wildman–Crippen LogP) is 3.56. The SMILES string of the molecule is O=C([C@@H](Cl)c1ccccc1)N1CCc2ccccc21. The van der Waals surface area contributed by atoms with E-state index in [1.165, 1.54) is 5.56 Å². The Morgan fingerprint density at radius 3 is 2.53 bits per heavy atom. The van der Waals surface area contributed by atoms with E-state index in [-0.39, 0.29) is 5.91 Å². The molecular weight excluding hydrogens is 258 g/mol. The Labute approximate surface area is 117 Å². The van der Waals surface area contributed by atoms with Crippen molar-refractivity contribution in [2.75, 3.05) is 11.4 Å². The molecule has 0 bridgehead atoms. The van der Waals surface area contributed by atoms with E-state index in [0.29, 0.717) is 6.54 Å². The van der Waals surface area contributed by atoms with Gasteiger partial charge in [0.25, 0.3) is 0 Å². The average molecular weight is 272 g/mol. The van der Waals surface area contributed by atoms with E-state index >= 15 is 0 Å². The van der Waals surface area contributed by atoms with E-state index in [4.69, 9.17) is 11.6 Å². The summed E-state index contributed by atoms with van der Waals surface area (Å²) < 4.78 is 0. The van der Waals surface area contributed by atoms with Crippen molar-refractivity contribution in [3.63, 3.8) is 0 Å². The minimum Gasteiger partial charge on any atom is -0.310 e. The van der Waals surface area contributed by atoms with Crippen LogP contribution in [0.15, 0.2) is 54.6 Å². The molecule has 2 aromatic carbocycles. The summed E-state index contributed by atoms with van der Waals surface area (Å²) >= 11 is 6.31. The van der Waals surface area contributed by atoms with Crippen LogP contribution in [0.5, 0.6) is 0 Å². The molecule has 1 aliphatic rings. The summed E-state index contributed by atoms with van der Waals surface area (Å²) in [5.74, 6) is -0.0437. The summed E-state index contributed by atoms with van der Waals surface area (Å²) in [6.07, 6.45) is 0.903. The summed E-state index contributed by atoms with van der Waals surface area (Å²) in [5, 5.41) is -0.618. The zero-order valence-electron chi connectivity index (χ0n) is 10.4. The number of anilines is 1. The zero-order chi connectivity index (χ0) is 13.2. The monoisotopic (exact) mass is 271 g/mol. The third-order valence-electron chi connectivity index (χ3n) is 3.46. The van der Waals surface area contributed by atoms with E-state index in [2.05, 4.69) is 6.07 Å². The Bertz CT molecular complexity index is 597. The van der Waals surface area contributed by atoms with Gasteiger partial charge in [-0.2, -0.15) is 0 Å². The second kappa shape index (κ2) is 5.06. The second-order valence-electron chi connectivity index (χ2n) is 4.64. The van der Waals surface area contributed by atoms with Crippen LogP contribution >= 0.6 is 11.6 Å². The highest BCUT2D eigenvalue weighted by atomic mass is 35.5. The molecule has 3 rings (SSSR count). The minimum absolute atomic E-state index is 0.0437. The van der Waals surface area contributed by atoms with Crippen LogP contribution in [0, 0.1) is 0 Å². The topological polar surface area (TPSA) is 20.3 Å². The van der Waals surface area contributed by atoms with E-state index in [1.807, 2.05) is 48.5 Å². The second-order valence-corrected chi connectivity index (χ2v) is 5.08. The number of halogens is 1. The molecule has 1 atom stereocenters. The highest BCUT2D eigenvalue weighted by Gasteiger charge is 2.29. The summed E-state index contributed by atoms with van der Waals surface area (Å²) in [7, 11) is 0. The van der Waals surface area contributed by atoms with Gasteiger partial charge >= 0.3 is 0 Å². The van der Waals surface area contributed by atoms with E-state index in [0.717, 1.165) is 17.7 Å². The summed E-state index contributed by atoms with van der Waals surface area (Å²) in [4.78, 5) is 14.3. The van der Waals surface area contributed by atoms with Crippen molar-refractivity contribution in [2.45, 2.75) is 11.8 Å². The first-order valence-electron chi connectivity index (χ1n) is 6.35. The molecule has 0 fully saturated rings. The molecule has 96 valence electrons. The average Bonchev–Trinajstić information content (AvgIpc) is 2.90. The first-order chi connectivity index (χ1) is 9.27. The van der Waals surface area contributed by atoms with Crippen LogP contribution in [0.2, 0.25) is 0 Å². The van der Waals surface area contributed by atoms with Gasteiger partial charge in [0.05, 0.1) is 0 Å². The van der Waals surface area contributed by atoms with Crippen molar-refractivity contribution < 1.29 is 4.79 Å². The van der Waals surface area contributed by atoms with Crippen LogP contribution in [0.1, 0.15) is 16.5 Å². The van der Waals surface area contributed by atoms with Crippen molar-refractivity contribution in [2.24, 2.45) is 0 Å². The molecule has 2 aromatic rings. The normalized spacial score (nSPS) is 15.1. The van der Waals surface area contributed by atoms with Crippen molar-refractivity contribution in [1.82, 2.24) is 0 Å². The maximum atomic E-state index is 12.5. The first-order valence-corrected chi connectivity index (χ1v) is 6.79. The standard InChI is InChI=1S/C16H14ClNO/c17-15(13-7-2-1-3-8-13)16(19)18-11-10-12-6-4-5-9-14(12)18/h1-9,15H,10-11H2/t15-/m0/s1. The Kier molecular flexibility index (Phi) is 3.26. The zero-order valence-corrected chi connectivity index (χ0v) is 11.2. The van der Waals surface area contributed by atoms with E-state index in [9.17, 15) is 4.79 Å². The largest absolute Gasteiger partial charge is 0.310 e. The molecule has 0 spiro atoms. The van der Waals surface area contributed by atoms with Crippen molar-refractivity contribution in [3.05, 3.63) is 65.7 Å². The fourth-order valence-corrected chi connectivity index (χ4v) is 2.73. The number of hydrogen-bond donors (Lipinski definition) is 0. The lowest BCUT2D eigenvalue weighted by Crippen LogP contribution is -2.31. The minimum atomic E-state index is -0.618. The molecule has 0 aromatic heterocycles. The number of amides is 1. The molecule has 0 aliphatic carbocycles. The highest BCUT2D eigenvalue weighted by molar-refractivity contribution is 6.33. The van der Waals surface area contributed by atoms with Gasteiger partial charge in [-0.05, 0) is 23.6 Å². The number of para-hydroxylation sites is 1. The smallest absolute Gasteiger partial charge is 0.249 e. The highest BCUT2D eigenvalue weighted by Crippen LogP contribution is 2.32. The number of alkyl halides is 1. The van der Waals surface area contributed by atoms with Gasteiger partial charge in [0.1, 0.15) is 5.38 Å². The third-order valence-corrected chi connectivity index (χ3v) is 3.90. The van der Waals surface area contributed by atoms with Crippen LogP contribution in [0.4, 0.5) is 5.69 Å². The van der Waals surface area contributed by atoms with Crippen LogP contribution in [0.3, 0.4) is 0 Å². The molecule has 2 nitrogen and oxygen atoms in total. The van der Waals surface area contributed by atoms with Gasteiger partial charge in [-0.15, -0.1) is 11.6 Å². The maximum absolute atomic E-state index is 12.5. The van der Waals surface area contributed by atoms with Gasteiger partial charge in [0, 0.05) is 12.2 Å². The quantitative estimate of drug-likeness (QED) is 0.765. The molecule has 19 heavy (non-hydrogen) atoms. The lowest BCUT2D eigenvalue weighted by atomic mass is 10.1. The molecular formula is C16H14ClNO. The van der Waals surface area contributed by atoms with Crippen LogP contribution in [0.25, 0.3) is 0 Å². The van der Waals surface area contributed by atoms with Gasteiger partial charge in [-0.1, -0.05) is 48.5 Å². The number of carbonyl (C=O) groups excluding carboxylic acids is 1. The van der Waals surface area contributed by atoms with E-state index in [1.54, 1.807) is 4.90 Å². The Morgan fingerprint density at radius 2 is 1.74 bits per heavy atom. The van der Waals surface area contributed by atoms with Crippen LogP contribution in [-0.2, 0) is 11.2 Å². The number of rotatable bonds is 2. The Balaban J connectivity index is 1.86. The lowest BCUT2D eigenvalue weighted by Gasteiger charge is -2.20. The van der Waals surface area contributed by atoms with Crippen molar-refractivity contribution in [3.8, 4) is 0 Å². The molecule has 0 saturated carbocycles. The van der Waals surface area contributed by atoms with Gasteiger partial charge in [-0.3, -0.25) is 4.79 Å². The Hall–Kier alpha value is -1.80. The molecule has 0 N–H and O–H groups in total. The molecule has 1 aliphatic heterocycles. The summed E-state index contributed by atoms with van der Waals surface area (Å²) in [5.41, 5.74) is 3.06. The number of carbonyl (C=O) groups is 1. The van der Waals surface area contributed by atoms with Gasteiger partial charge in [-0.25, -0.2) is 0 Å². The van der Waals surface area contributed by atoms with Gasteiger partial charge in [0.2, 0.25) is 5.91 Å². The van der Waals surface area contributed by atoms with Crippen LogP contribution in [-0.4, -0.2) is 12.5 Å². The number of nitrogens with zero attached hydrogens (tertiary/aromatic N) is 1. The summed E-state index contributed by atoms with van der Waals surface area (Å²) in [6, 6.07) is 17.5. The van der Waals surface area contributed by atoms with E-state index < -0.39 is 5.38 Å². The molecule has 1 heterocycles. The fourth-order valence-electron chi connectivity index (χ4n) is 2.47. The predicted molar refractivity (Wildman–Crippen MR) is 77.5 cm³/mol. The number of benzene rings is 2. The first kappa shape index (κ1) is 12.2. The van der Waals surface area contributed by atoms with Crippen molar-refractivity contribution >= 4 is 23.2 Å². The molecule has 0 unspecified atom stereocenters. The third kappa shape index (κ3) is 2.24. The lowest BCUT2D eigenvalue weighted by molar-refractivity contribution is -0.118. The molecule has 0 radical (unpaired) electrons. The molecule has 3 heteroatoms. The fraction of sp³-hybridized carbons (Fsp3) is 0.188. The number of fused-ring (bicyclic) bond motifs is 1. The Morgan fingerprint density at radius 1 is 1.05 bits per heavy atom. The maximum Gasteiger partial charge on any atom is 0.249 e. The van der Waals surface area contributed by atoms with Gasteiger partial charge < -0.3 is 4.90 Å². The van der Waals surface area contributed by atoms with Crippen LogP contribution < -0.4 is 4.90 Å². The van der Waals surface area contributed by atoms with Crippen molar-refractivity contribution in [1.29, 1.82) is 0 Å². The molecule has 0 saturated heterocycles. The summed E-state index contributed by atoms with van der Waals surface area (Å²) in [6.45, 7) is 0.717. The molecule has 1 amide bonds.